The Kier molecular flexibility index (Phi) is 2.64. The minimum atomic E-state index is 0.350. The van der Waals surface area contributed by atoms with Gasteiger partial charge in [-0.25, -0.2) is 4.98 Å². The zero-order valence-corrected chi connectivity index (χ0v) is 9.78. The van der Waals surface area contributed by atoms with E-state index in [1.165, 1.54) is 0 Å². The molecule has 1 aromatic heterocycles. The average molecular weight is 216 g/mol. The second kappa shape index (κ2) is 3.96. The highest BCUT2D eigenvalue weighted by atomic mass is 15.2. The van der Waals surface area contributed by atoms with E-state index < -0.39 is 0 Å². The van der Waals surface area contributed by atoms with Crippen LogP contribution in [0.3, 0.4) is 0 Å². The highest BCUT2D eigenvalue weighted by molar-refractivity contribution is 5.67. The zero-order valence-electron chi connectivity index (χ0n) is 9.78. The molecule has 0 amide bonds. The molecular formula is C12H16N4. The van der Waals surface area contributed by atoms with E-state index in [1.807, 2.05) is 25.1 Å². The molecule has 3 N–H and O–H groups in total. The number of nitrogens with zero attached hydrogens (tertiary/aromatic N) is 2. The summed E-state index contributed by atoms with van der Waals surface area (Å²) in [6.45, 7) is 6.14. The highest BCUT2D eigenvalue weighted by Gasteiger charge is 2.11. The van der Waals surface area contributed by atoms with Crippen LogP contribution in [0.4, 0.5) is 5.69 Å². The summed E-state index contributed by atoms with van der Waals surface area (Å²) in [5.41, 5.74) is 8.64. The maximum atomic E-state index is 5.86. The molecule has 0 bridgehead atoms. The fraction of sp³-hybridized carbons (Fsp3) is 0.333. The van der Waals surface area contributed by atoms with E-state index in [0.29, 0.717) is 11.7 Å². The minimum Gasteiger partial charge on any atom is -0.398 e. The summed E-state index contributed by atoms with van der Waals surface area (Å²) in [5.74, 6) is 1.97. The number of aromatic nitrogens is 3. The highest BCUT2D eigenvalue weighted by Crippen LogP contribution is 2.24. The van der Waals surface area contributed by atoms with Crippen LogP contribution in [0.1, 0.15) is 31.2 Å². The van der Waals surface area contributed by atoms with Crippen molar-refractivity contribution < 1.29 is 0 Å². The first-order valence-electron chi connectivity index (χ1n) is 5.37. The molecule has 0 saturated carbocycles. The summed E-state index contributed by atoms with van der Waals surface area (Å²) < 4.78 is 0. The Hall–Kier alpha value is -1.84. The van der Waals surface area contributed by atoms with Gasteiger partial charge in [-0.1, -0.05) is 26.0 Å². The summed E-state index contributed by atoms with van der Waals surface area (Å²) in [6.07, 6.45) is 0. The van der Waals surface area contributed by atoms with Crippen LogP contribution in [0.2, 0.25) is 0 Å². The van der Waals surface area contributed by atoms with Crippen LogP contribution in [0.25, 0.3) is 11.4 Å². The Morgan fingerprint density at radius 1 is 1.31 bits per heavy atom. The molecule has 0 aliphatic heterocycles. The van der Waals surface area contributed by atoms with Gasteiger partial charge in [0.2, 0.25) is 0 Å². The smallest absolute Gasteiger partial charge is 0.181 e. The first-order valence-corrected chi connectivity index (χ1v) is 5.37. The second-order valence-electron chi connectivity index (χ2n) is 4.22. The van der Waals surface area contributed by atoms with Gasteiger partial charge in [0.1, 0.15) is 5.82 Å². The quantitative estimate of drug-likeness (QED) is 0.758. The van der Waals surface area contributed by atoms with Gasteiger partial charge in [0.15, 0.2) is 5.82 Å². The number of hydrogen-bond acceptors (Lipinski definition) is 3. The fourth-order valence-electron chi connectivity index (χ4n) is 1.55. The molecule has 0 aliphatic rings. The minimum absolute atomic E-state index is 0.350. The molecule has 0 radical (unpaired) electrons. The zero-order chi connectivity index (χ0) is 11.7. The number of hydrogen-bond donors (Lipinski definition) is 2. The lowest BCUT2D eigenvalue weighted by Gasteiger charge is -2.04. The molecule has 0 saturated heterocycles. The number of H-pyrrole nitrogens is 1. The molecule has 0 spiro atoms. The molecule has 0 fully saturated rings. The molecule has 16 heavy (non-hydrogen) atoms. The van der Waals surface area contributed by atoms with Crippen molar-refractivity contribution in [3.63, 3.8) is 0 Å². The number of nitrogens with two attached hydrogens (primary N) is 1. The van der Waals surface area contributed by atoms with E-state index in [-0.39, 0.29) is 0 Å². The monoisotopic (exact) mass is 216 g/mol. The van der Waals surface area contributed by atoms with Gasteiger partial charge in [-0.3, -0.25) is 5.10 Å². The van der Waals surface area contributed by atoms with Gasteiger partial charge >= 0.3 is 0 Å². The molecular weight excluding hydrogens is 200 g/mol. The van der Waals surface area contributed by atoms with Crippen molar-refractivity contribution in [2.75, 3.05) is 5.73 Å². The predicted octanol–water partition coefficient (Wildman–Crippen LogP) is 2.49. The maximum absolute atomic E-state index is 5.86. The van der Waals surface area contributed by atoms with Crippen molar-refractivity contribution in [2.24, 2.45) is 0 Å². The van der Waals surface area contributed by atoms with Crippen LogP contribution < -0.4 is 5.73 Å². The third-order valence-electron chi connectivity index (χ3n) is 2.67. The standard InChI is InChI=1S/C12H16N4/c1-7(2)11-14-12(16-15-11)9-5-4-6-10(13)8(9)3/h4-7H,13H2,1-3H3,(H,14,15,16). The maximum Gasteiger partial charge on any atom is 0.181 e. The summed E-state index contributed by atoms with van der Waals surface area (Å²) in [5, 5.41) is 7.17. The van der Waals surface area contributed by atoms with E-state index >= 15 is 0 Å². The number of rotatable bonds is 2. The van der Waals surface area contributed by atoms with Crippen molar-refractivity contribution in [3.8, 4) is 11.4 Å². The van der Waals surface area contributed by atoms with Gasteiger partial charge < -0.3 is 5.73 Å². The lowest BCUT2D eigenvalue weighted by Crippen LogP contribution is -1.93. The molecule has 0 aliphatic carbocycles. The number of aromatic amines is 1. The number of nitrogen functional groups attached to an aromatic ring is 1. The van der Waals surface area contributed by atoms with Crippen molar-refractivity contribution >= 4 is 5.69 Å². The van der Waals surface area contributed by atoms with Crippen molar-refractivity contribution in [3.05, 3.63) is 29.6 Å². The van der Waals surface area contributed by atoms with Gasteiger partial charge in [0, 0.05) is 17.2 Å². The average Bonchev–Trinajstić information content (AvgIpc) is 2.71. The number of benzene rings is 1. The van der Waals surface area contributed by atoms with Gasteiger partial charge in [-0.05, 0) is 18.6 Å². The lowest BCUT2D eigenvalue weighted by atomic mass is 10.1. The second-order valence-corrected chi connectivity index (χ2v) is 4.22. The van der Waals surface area contributed by atoms with E-state index in [4.69, 9.17) is 5.73 Å². The van der Waals surface area contributed by atoms with Gasteiger partial charge in [-0.15, -0.1) is 0 Å². The van der Waals surface area contributed by atoms with Crippen LogP contribution in [-0.4, -0.2) is 15.2 Å². The number of anilines is 1. The Balaban J connectivity index is 2.47. The Morgan fingerprint density at radius 2 is 2.06 bits per heavy atom. The largest absolute Gasteiger partial charge is 0.398 e. The Labute approximate surface area is 94.9 Å². The van der Waals surface area contributed by atoms with E-state index in [1.54, 1.807) is 0 Å². The molecule has 1 heterocycles. The molecule has 4 nitrogen and oxygen atoms in total. The Bertz CT molecular complexity index is 499. The third-order valence-corrected chi connectivity index (χ3v) is 2.67. The van der Waals surface area contributed by atoms with Gasteiger partial charge in [0.25, 0.3) is 0 Å². The molecule has 1 aromatic carbocycles. The van der Waals surface area contributed by atoms with E-state index in [2.05, 4.69) is 29.0 Å². The van der Waals surface area contributed by atoms with Crippen LogP contribution >= 0.6 is 0 Å². The van der Waals surface area contributed by atoms with E-state index in [9.17, 15) is 0 Å². The molecule has 0 unspecified atom stereocenters. The SMILES string of the molecule is Cc1c(N)cccc1-c1n[nH]c(C(C)C)n1. The van der Waals surface area contributed by atoms with Crippen LogP contribution in [0.5, 0.6) is 0 Å². The third kappa shape index (κ3) is 1.78. The van der Waals surface area contributed by atoms with Gasteiger partial charge in [0.05, 0.1) is 0 Å². The fourth-order valence-corrected chi connectivity index (χ4v) is 1.55. The van der Waals surface area contributed by atoms with Crippen LogP contribution in [0.15, 0.2) is 18.2 Å². The molecule has 2 aromatic rings. The molecule has 4 heteroatoms. The van der Waals surface area contributed by atoms with Crippen LogP contribution in [0, 0.1) is 6.92 Å². The van der Waals surface area contributed by atoms with Crippen molar-refractivity contribution in [1.82, 2.24) is 15.2 Å². The van der Waals surface area contributed by atoms with Crippen molar-refractivity contribution in [1.29, 1.82) is 0 Å². The lowest BCUT2D eigenvalue weighted by molar-refractivity contribution is 0.781. The molecule has 84 valence electrons. The summed E-state index contributed by atoms with van der Waals surface area (Å²) in [7, 11) is 0. The van der Waals surface area contributed by atoms with Crippen LogP contribution in [-0.2, 0) is 0 Å². The summed E-state index contributed by atoms with van der Waals surface area (Å²) in [6, 6.07) is 5.79. The predicted molar refractivity (Wildman–Crippen MR) is 65.1 cm³/mol. The molecule has 0 atom stereocenters. The first-order chi connectivity index (χ1) is 7.59. The van der Waals surface area contributed by atoms with Gasteiger partial charge in [-0.2, -0.15) is 5.10 Å². The Morgan fingerprint density at radius 3 is 2.69 bits per heavy atom. The molecule has 2 rings (SSSR count). The normalized spacial score (nSPS) is 11.0. The first kappa shape index (κ1) is 10.7. The van der Waals surface area contributed by atoms with E-state index in [0.717, 1.165) is 22.6 Å². The summed E-state index contributed by atoms with van der Waals surface area (Å²) >= 11 is 0. The topological polar surface area (TPSA) is 67.6 Å². The number of nitrogens with one attached hydrogen (secondary N) is 1. The van der Waals surface area contributed by atoms with Crippen molar-refractivity contribution in [2.45, 2.75) is 26.7 Å². The summed E-state index contributed by atoms with van der Waals surface area (Å²) in [4.78, 5) is 4.46.